The summed E-state index contributed by atoms with van der Waals surface area (Å²) in [5, 5.41) is 2.12. The summed E-state index contributed by atoms with van der Waals surface area (Å²) in [7, 11) is -4.17. The van der Waals surface area contributed by atoms with Gasteiger partial charge >= 0.3 is 13.5 Å². The van der Waals surface area contributed by atoms with Crippen LogP contribution in [0.25, 0.3) is 0 Å². The highest BCUT2D eigenvalue weighted by molar-refractivity contribution is 7.56. The first-order chi connectivity index (χ1) is 11.4. The molecular weight excluding hydrogens is 372 g/mol. The van der Waals surface area contributed by atoms with E-state index in [1.807, 2.05) is 0 Å². The van der Waals surface area contributed by atoms with Gasteiger partial charge in [-0.25, -0.2) is 18.3 Å². The van der Waals surface area contributed by atoms with Gasteiger partial charge in [0.1, 0.15) is 6.04 Å². The van der Waals surface area contributed by atoms with E-state index in [9.17, 15) is 31.3 Å². The van der Waals surface area contributed by atoms with Crippen LogP contribution in [-0.2, 0) is 14.1 Å². The average molecular weight is 389 g/mol. The molecule has 1 aromatic rings. The molecule has 0 aliphatic rings. The summed E-state index contributed by atoms with van der Waals surface area (Å²) >= 11 is 0. The number of hydrogen-bond acceptors (Lipinski definition) is 4. The molecule has 2 atom stereocenters. The number of nitrogens with one attached hydrogen (secondary N) is 1. The Hall–Kier alpha value is -1.67. The first kappa shape index (κ1) is 21.4. The van der Waals surface area contributed by atoms with Gasteiger partial charge in [0, 0.05) is 6.66 Å². The lowest BCUT2D eigenvalue weighted by Crippen LogP contribution is -2.35. The van der Waals surface area contributed by atoms with Crippen molar-refractivity contribution in [2.45, 2.75) is 26.8 Å². The van der Waals surface area contributed by atoms with Gasteiger partial charge in [-0.3, -0.25) is 9.36 Å². The molecule has 0 radical (unpaired) electrons. The molecule has 142 valence electrons. The Balaban J connectivity index is 2.96. The Kier molecular flexibility index (Phi) is 6.96. The Morgan fingerprint density at radius 2 is 1.44 bits per heavy atom. The van der Waals surface area contributed by atoms with Gasteiger partial charge in [0.05, 0.1) is 6.61 Å². The Morgan fingerprint density at radius 3 is 1.88 bits per heavy atom. The van der Waals surface area contributed by atoms with Gasteiger partial charge in [-0.2, -0.15) is 8.78 Å². The van der Waals surface area contributed by atoms with Crippen LogP contribution in [0.5, 0.6) is 5.75 Å². The lowest BCUT2D eigenvalue weighted by Gasteiger charge is -2.21. The molecule has 0 spiro atoms. The predicted octanol–water partition coefficient (Wildman–Crippen LogP) is 3.76. The molecule has 1 N–H and O–H groups in total. The van der Waals surface area contributed by atoms with Gasteiger partial charge in [0.25, 0.3) is 0 Å². The van der Waals surface area contributed by atoms with Crippen LogP contribution in [0.2, 0.25) is 0 Å². The lowest BCUT2D eigenvalue weighted by molar-refractivity contribution is -0.146. The lowest BCUT2D eigenvalue weighted by atomic mass is 10.2. The number of esters is 1. The first-order valence-electron chi connectivity index (χ1n) is 7.10. The third kappa shape index (κ3) is 5.40. The van der Waals surface area contributed by atoms with E-state index in [0.717, 1.165) is 6.66 Å². The first-order valence-corrected chi connectivity index (χ1v) is 9.17. The topological polar surface area (TPSA) is 64.6 Å². The molecule has 0 aliphatic heterocycles. The van der Waals surface area contributed by atoms with Crippen molar-refractivity contribution in [2.24, 2.45) is 5.92 Å². The fourth-order valence-electron chi connectivity index (χ4n) is 1.64. The Morgan fingerprint density at radius 1 is 1.00 bits per heavy atom. The molecule has 0 saturated carbocycles. The number of rotatable bonds is 7. The van der Waals surface area contributed by atoms with Crippen molar-refractivity contribution in [2.75, 3.05) is 13.3 Å². The molecule has 1 rings (SSSR count). The molecule has 0 amide bonds. The molecule has 11 heteroatoms. The average Bonchev–Trinajstić information content (AvgIpc) is 2.52. The molecule has 0 aromatic heterocycles. The summed E-state index contributed by atoms with van der Waals surface area (Å²) in [6, 6.07) is -1.21. The van der Waals surface area contributed by atoms with E-state index < -0.39 is 54.4 Å². The molecule has 1 aromatic carbocycles. The molecule has 25 heavy (non-hydrogen) atoms. The molecule has 0 aliphatic carbocycles. The van der Waals surface area contributed by atoms with E-state index in [1.165, 1.54) is 6.92 Å². The number of carbonyl (C=O) groups excluding carboxylic acids is 1. The highest BCUT2D eigenvalue weighted by atomic mass is 31.2. The standard InChI is InChI=1S/C14H17F5NO4P/c1-6(2)5-23-14(21)7(3)20-25(4,22)24-13-11(18)9(16)8(15)10(17)12(13)19/h6-7H,5H2,1-4H3,(H,20,22)/t7-,25?/m0/s1. The Labute approximate surface area is 141 Å². The maximum absolute atomic E-state index is 13.6. The second-order valence-electron chi connectivity index (χ2n) is 5.71. The second-order valence-corrected chi connectivity index (χ2v) is 7.84. The fourth-order valence-corrected chi connectivity index (χ4v) is 3.01. The van der Waals surface area contributed by atoms with E-state index in [2.05, 4.69) is 9.61 Å². The largest absolute Gasteiger partial charge is 0.464 e. The molecule has 1 unspecified atom stereocenters. The number of hydrogen-bond donors (Lipinski definition) is 1. The van der Waals surface area contributed by atoms with E-state index in [4.69, 9.17) is 4.74 Å². The number of halogens is 5. The van der Waals surface area contributed by atoms with Crippen LogP contribution in [0.3, 0.4) is 0 Å². The third-order valence-electron chi connectivity index (χ3n) is 2.78. The molecule has 0 saturated heterocycles. The summed E-state index contributed by atoms with van der Waals surface area (Å²) in [6.45, 7) is 5.69. The highest BCUT2D eigenvalue weighted by Gasteiger charge is 2.32. The van der Waals surface area contributed by atoms with Crippen molar-refractivity contribution in [1.82, 2.24) is 5.09 Å². The van der Waals surface area contributed by atoms with Crippen LogP contribution in [-0.4, -0.2) is 25.3 Å². The van der Waals surface area contributed by atoms with Crippen molar-refractivity contribution >= 4 is 13.5 Å². The van der Waals surface area contributed by atoms with Gasteiger partial charge < -0.3 is 9.26 Å². The van der Waals surface area contributed by atoms with Crippen molar-refractivity contribution in [3.8, 4) is 5.75 Å². The summed E-state index contributed by atoms with van der Waals surface area (Å²) in [5.41, 5.74) is 0. The highest BCUT2D eigenvalue weighted by Crippen LogP contribution is 2.43. The minimum atomic E-state index is -4.17. The molecule has 5 nitrogen and oxygen atoms in total. The van der Waals surface area contributed by atoms with Gasteiger partial charge in [-0.15, -0.1) is 0 Å². The van der Waals surface area contributed by atoms with Crippen LogP contribution in [0.15, 0.2) is 0 Å². The van der Waals surface area contributed by atoms with Gasteiger partial charge in [-0.1, -0.05) is 13.8 Å². The van der Waals surface area contributed by atoms with Crippen molar-refractivity contribution in [3.63, 3.8) is 0 Å². The monoisotopic (exact) mass is 389 g/mol. The number of benzene rings is 1. The van der Waals surface area contributed by atoms with Crippen LogP contribution < -0.4 is 9.61 Å². The van der Waals surface area contributed by atoms with Crippen molar-refractivity contribution in [1.29, 1.82) is 0 Å². The zero-order valence-corrected chi connectivity index (χ0v) is 14.7. The third-order valence-corrected chi connectivity index (χ3v) is 4.16. The SMILES string of the molecule is CC(C)COC(=O)[C@H](C)NP(C)(=O)Oc1c(F)c(F)c(F)c(F)c1F. The maximum Gasteiger partial charge on any atom is 0.323 e. The smallest absolute Gasteiger partial charge is 0.323 e. The van der Waals surface area contributed by atoms with E-state index >= 15 is 0 Å². The summed E-state index contributed by atoms with van der Waals surface area (Å²) in [4.78, 5) is 11.7. The molecule has 0 heterocycles. The number of ether oxygens (including phenoxy) is 1. The Bertz CT molecular complexity index is 684. The van der Waals surface area contributed by atoms with Gasteiger partial charge in [0.15, 0.2) is 0 Å². The normalized spacial score (nSPS) is 15.0. The van der Waals surface area contributed by atoms with Crippen molar-refractivity contribution < 1.29 is 40.6 Å². The van der Waals surface area contributed by atoms with Gasteiger partial charge in [0.2, 0.25) is 34.8 Å². The summed E-state index contributed by atoms with van der Waals surface area (Å²) in [5.74, 6) is -13.9. The molecule has 0 fully saturated rings. The van der Waals surface area contributed by atoms with Crippen LogP contribution >= 0.6 is 7.52 Å². The predicted molar refractivity (Wildman–Crippen MR) is 78.8 cm³/mol. The van der Waals surface area contributed by atoms with Crippen LogP contribution in [0, 0.1) is 35.0 Å². The minimum Gasteiger partial charge on any atom is -0.464 e. The zero-order valence-electron chi connectivity index (χ0n) is 13.8. The molecule has 0 bridgehead atoms. The quantitative estimate of drug-likeness (QED) is 0.253. The van der Waals surface area contributed by atoms with Crippen molar-refractivity contribution in [3.05, 3.63) is 29.1 Å². The van der Waals surface area contributed by atoms with E-state index in [1.54, 1.807) is 13.8 Å². The maximum atomic E-state index is 13.6. The van der Waals surface area contributed by atoms with E-state index in [-0.39, 0.29) is 12.5 Å². The van der Waals surface area contributed by atoms with E-state index in [0.29, 0.717) is 0 Å². The zero-order chi connectivity index (χ0) is 19.5. The van der Waals surface area contributed by atoms with Gasteiger partial charge in [-0.05, 0) is 12.8 Å². The minimum absolute atomic E-state index is 0.0363. The fraction of sp³-hybridized carbons (Fsp3) is 0.500. The summed E-state index contributed by atoms with van der Waals surface area (Å²) in [6.07, 6.45) is 0. The summed E-state index contributed by atoms with van der Waals surface area (Å²) < 4.78 is 87.9. The number of carbonyl (C=O) groups is 1. The molecular formula is C14H17F5NO4P. The van der Waals surface area contributed by atoms with Crippen LogP contribution in [0.1, 0.15) is 20.8 Å². The van der Waals surface area contributed by atoms with Crippen LogP contribution in [0.4, 0.5) is 22.0 Å². The second kappa shape index (κ2) is 8.14.